The second kappa shape index (κ2) is 10.1. The van der Waals surface area contributed by atoms with Gasteiger partial charge in [-0.05, 0) is 21.6 Å². The van der Waals surface area contributed by atoms with Crippen molar-refractivity contribution in [1.29, 1.82) is 0 Å². The van der Waals surface area contributed by atoms with Crippen molar-refractivity contribution in [1.82, 2.24) is 30.4 Å². The minimum absolute atomic E-state index is 0. The van der Waals surface area contributed by atoms with Crippen molar-refractivity contribution in [3.63, 3.8) is 0 Å². The van der Waals surface area contributed by atoms with E-state index in [0.29, 0.717) is 27.8 Å². The summed E-state index contributed by atoms with van der Waals surface area (Å²) >= 11 is 2.64. The quantitative estimate of drug-likeness (QED) is 0.216. The van der Waals surface area contributed by atoms with Crippen LogP contribution in [0.15, 0.2) is 46.8 Å². The number of carboxylic acids is 1. The molecule has 0 spiro atoms. The van der Waals surface area contributed by atoms with Crippen LogP contribution in [0, 0.1) is 0 Å². The summed E-state index contributed by atoms with van der Waals surface area (Å²) in [6.07, 6.45) is -1.42. The van der Waals surface area contributed by atoms with Crippen molar-refractivity contribution in [3.8, 4) is 0 Å². The molecule has 3 heterocycles. The number of aliphatic hydroxyl groups excluding tert-OH is 1. The molecule has 4 rings (SSSR count). The van der Waals surface area contributed by atoms with Gasteiger partial charge in [-0.3, -0.25) is 14.5 Å². The zero-order valence-electron chi connectivity index (χ0n) is 18.2. The molecule has 11 nitrogen and oxygen atoms in total. The normalized spacial score (nSPS) is 20.7. The molecule has 164 valence electrons. The summed E-state index contributed by atoms with van der Waals surface area (Å²) in [4.78, 5) is 38.2. The number of rotatable bonds is 7. The molecule has 1 aromatic carbocycles. The van der Waals surface area contributed by atoms with E-state index in [4.69, 9.17) is 0 Å². The third-order valence-corrected chi connectivity index (χ3v) is 7.30. The van der Waals surface area contributed by atoms with Crippen LogP contribution in [0.4, 0.5) is 0 Å². The molecule has 2 amide bonds. The molecule has 1 fully saturated rings. The van der Waals surface area contributed by atoms with Crippen LogP contribution in [0.5, 0.6) is 0 Å². The first-order valence-corrected chi connectivity index (χ1v) is 11.2. The number of fused-ring (bicyclic) bond motifs is 1. The monoisotopic (exact) mass is 470 g/mol. The predicted octanol–water partition coefficient (Wildman–Crippen LogP) is -3.11. The minimum Gasteiger partial charge on any atom is -1.00 e. The Morgan fingerprint density at radius 3 is 2.72 bits per heavy atom. The third-order valence-electron chi connectivity index (χ3n) is 4.87. The largest absolute Gasteiger partial charge is 1.00 e. The van der Waals surface area contributed by atoms with Crippen molar-refractivity contribution in [2.45, 2.75) is 22.7 Å². The number of thioether (sulfide) groups is 2. The van der Waals surface area contributed by atoms with Crippen LogP contribution in [0.25, 0.3) is 0 Å². The van der Waals surface area contributed by atoms with Crippen molar-refractivity contribution in [2.24, 2.45) is 7.05 Å². The van der Waals surface area contributed by atoms with E-state index < -0.39 is 35.3 Å². The summed E-state index contributed by atoms with van der Waals surface area (Å²) < 4.78 is 1.48. The number of aromatic nitrogens is 4. The molecule has 3 N–H and O–H groups in total. The average molecular weight is 470 g/mol. The Bertz CT molecular complexity index is 1070. The Morgan fingerprint density at radius 2 is 2.09 bits per heavy atom. The number of amides is 2. The number of aryl methyl sites for hydroxylation is 1. The van der Waals surface area contributed by atoms with E-state index in [1.165, 1.54) is 33.1 Å². The fourth-order valence-electron chi connectivity index (χ4n) is 3.31. The second-order valence-corrected chi connectivity index (χ2v) is 8.89. The van der Waals surface area contributed by atoms with Crippen molar-refractivity contribution in [3.05, 3.63) is 47.2 Å². The predicted molar refractivity (Wildman–Crippen MR) is 112 cm³/mol. The van der Waals surface area contributed by atoms with Crippen molar-refractivity contribution in [2.75, 3.05) is 11.5 Å². The molecule has 14 heteroatoms. The number of carbonyl (C=O) groups excluding carboxylic acids is 2. The van der Waals surface area contributed by atoms with Gasteiger partial charge < -0.3 is 17.0 Å². The molecule has 2 aliphatic heterocycles. The van der Waals surface area contributed by atoms with Crippen LogP contribution in [0.2, 0.25) is 0 Å². The van der Waals surface area contributed by atoms with Gasteiger partial charge in [0, 0.05) is 18.6 Å². The molecule has 0 bridgehead atoms. The molecule has 2 aliphatic rings. The summed E-state index contributed by atoms with van der Waals surface area (Å²) in [7, 11) is 1.68. The Hall–Kier alpha value is -2.30. The summed E-state index contributed by atoms with van der Waals surface area (Å²) in [6.45, 7) is 0. The van der Waals surface area contributed by atoms with Gasteiger partial charge >= 0.3 is 24.8 Å². The number of hydrogen-bond acceptors (Lipinski definition) is 9. The molecule has 0 radical (unpaired) electrons. The van der Waals surface area contributed by atoms with Crippen LogP contribution >= 0.6 is 23.5 Å². The third kappa shape index (κ3) is 4.57. The Kier molecular flexibility index (Phi) is 7.68. The first kappa shape index (κ1) is 24.3. The number of β-lactam (4-membered cyclic amide) rings is 1. The van der Waals surface area contributed by atoms with Crippen LogP contribution in [0.3, 0.4) is 0 Å². The van der Waals surface area contributed by atoms with Gasteiger partial charge in [-0.2, -0.15) is 0 Å². The Balaban J connectivity index is 0.00000193. The number of hydrogen-bond donors (Lipinski definition) is 3. The van der Waals surface area contributed by atoms with E-state index in [9.17, 15) is 24.6 Å². The molecular formula is C18H19LiN6O5S2. The molecule has 0 aliphatic carbocycles. The number of carbonyl (C=O) groups is 3. The first-order chi connectivity index (χ1) is 14.9. The van der Waals surface area contributed by atoms with Crippen LogP contribution in [0.1, 0.15) is 13.1 Å². The standard InChI is InChI=1S/C18H18N6O5S2.Li.H/c1-23-18(20-21-22-23)31-8-10-7-30-16-11(15(27)24(16)12(10)17(28)29)19-14(26)13(25)9-5-3-2-4-6-9;;/h2-6,11,13,16,25H,7-8H2,1H3,(H,19,26)(H,28,29);;/q;+1;-1/t11-,13-,16-;;/m1../s1. The number of aliphatic hydroxyl groups is 1. The van der Waals surface area contributed by atoms with E-state index in [0.717, 1.165) is 0 Å². The molecule has 0 unspecified atom stereocenters. The molecule has 0 saturated carbocycles. The smallest absolute Gasteiger partial charge is 1.00 e. The molecule has 32 heavy (non-hydrogen) atoms. The van der Waals surface area contributed by atoms with Crippen molar-refractivity contribution < 1.29 is 44.9 Å². The molecule has 3 atom stereocenters. The molecule has 1 saturated heterocycles. The molecule has 2 aromatic rings. The van der Waals surface area contributed by atoms with Crippen LogP contribution in [-0.2, 0) is 21.4 Å². The number of aliphatic carboxylic acids is 1. The zero-order chi connectivity index (χ0) is 22.1. The van der Waals surface area contributed by atoms with Gasteiger partial charge in [0.15, 0.2) is 6.10 Å². The van der Waals surface area contributed by atoms with E-state index in [2.05, 4.69) is 20.8 Å². The number of carboxylic acid groups (broad SMARTS) is 1. The van der Waals surface area contributed by atoms with Gasteiger partial charge in [-0.15, -0.1) is 16.9 Å². The minimum atomic E-state index is -1.42. The second-order valence-electron chi connectivity index (χ2n) is 6.84. The number of tetrazole rings is 1. The maximum absolute atomic E-state index is 12.7. The van der Waals surface area contributed by atoms with E-state index in [1.807, 2.05) is 0 Å². The maximum Gasteiger partial charge on any atom is 1.00 e. The average Bonchev–Trinajstić information content (AvgIpc) is 3.19. The molecular weight excluding hydrogens is 451 g/mol. The zero-order valence-corrected chi connectivity index (χ0v) is 18.8. The summed E-state index contributed by atoms with van der Waals surface area (Å²) in [5.41, 5.74) is 0.901. The fraction of sp³-hybridized carbons (Fsp3) is 0.333. The maximum atomic E-state index is 12.7. The Morgan fingerprint density at radius 1 is 1.38 bits per heavy atom. The fourth-order valence-corrected chi connectivity index (χ4v) is 5.64. The summed E-state index contributed by atoms with van der Waals surface area (Å²) in [5, 5.41) is 33.6. The van der Waals surface area contributed by atoms with Crippen LogP contribution < -0.4 is 24.2 Å². The van der Waals surface area contributed by atoms with Gasteiger partial charge in [0.2, 0.25) is 5.16 Å². The summed E-state index contributed by atoms with van der Waals surface area (Å²) in [6, 6.07) is 7.46. The van der Waals surface area contributed by atoms with Gasteiger partial charge in [-0.1, -0.05) is 42.1 Å². The van der Waals surface area contributed by atoms with Gasteiger partial charge in [-0.25, -0.2) is 9.48 Å². The number of nitrogens with zero attached hydrogens (tertiary/aromatic N) is 5. The SMILES string of the molecule is Cn1nnnc1SCC1=C(C(=O)O)N2C(=O)[C@@H](NC(=O)[C@H](O)c3ccccc3)[C@H]2SC1.[H-].[Li+]. The van der Waals surface area contributed by atoms with Gasteiger partial charge in [0.25, 0.3) is 11.8 Å². The topological polar surface area (TPSA) is 151 Å². The van der Waals surface area contributed by atoms with Crippen LogP contribution in [-0.4, -0.2) is 76.0 Å². The van der Waals surface area contributed by atoms with E-state index in [1.54, 1.807) is 37.4 Å². The summed E-state index contributed by atoms with van der Waals surface area (Å²) in [5.74, 6) is -1.75. The number of benzene rings is 1. The van der Waals surface area contributed by atoms with E-state index in [-0.39, 0.29) is 26.0 Å². The molecule has 1 aromatic heterocycles. The van der Waals surface area contributed by atoms with Gasteiger partial charge in [0.05, 0.1) is 0 Å². The van der Waals surface area contributed by atoms with Crippen molar-refractivity contribution >= 4 is 41.3 Å². The number of nitrogens with one attached hydrogen (secondary N) is 1. The Labute approximate surface area is 204 Å². The van der Waals surface area contributed by atoms with E-state index >= 15 is 0 Å². The first-order valence-electron chi connectivity index (χ1n) is 9.17. The van der Waals surface area contributed by atoms with Gasteiger partial charge in [0.1, 0.15) is 17.1 Å².